The molecule has 0 spiro atoms. The standard InChI is InChI=1S/C9H12BNO/c1-11(2)9(12)7-3-5-8(10)6-4-7/h3-6H,10H2,1-2H3. The first-order chi connectivity index (χ1) is 5.61. The fourth-order valence-corrected chi connectivity index (χ4v) is 0.954. The highest BCUT2D eigenvalue weighted by molar-refractivity contribution is 6.32. The van der Waals surface area contributed by atoms with Crippen molar-refractivity contribution < 1.29 is 4.79 Å². The predicted octanol–water partition coefficient (Wildman–Crippen LogP) is -0.353. The van der Waals surface area contributed by atoms with E-state index < -0.39 is 0 Å². The molecule has 0 aromatic heterocycles. The Morgan fingerprint density at radius 3 is 2.17 bits per heavy atom. The van der Waals surface area contributed by atoms with E-state index in [0.29, 0.717) is 0 Å². The number of hydrogen-bond acceptors (Lipinski definition) is 1. The monoisotopic (exact) mass is 161 g/mol. The molecule has 0 atom stereocenters. The molecule has 62 valence electrons. The lowest BCUT2D eigenvalue weighted by molar-refractivity contribution is 0.0827. The Morgan fingerprint density at radius 1 is 1.25 bits per heavy atom. The van der Waals surface area contributed by atoms with E-state index >= 15 is 0 Å². The van der Waals surface area contributed by atoms with Crippen molar-refractivity contribution in [2.24, 2.45) is 0 Å². The van der Waals surface area contributed by atoms with Gasteiger partial charge in [0.1, 0.15) is 7.85 Å². The average molecular weight is 161 g/mol. The van der Waals surface area contributed by atoms with Gasteiger partial charge in [-0.05, 0) is 0 Å². The molecular weight excluding hydrogens is 149 g/mol. The van der Waals surface area contributed by atoms with E-state index in [1.54, 1.807) is 19.0 Å². The van der Waals surface area contributed by atoms with E-state index in [0.717, 1.165) is 5.56 Å². The van der Waals surface area contributed by atoms with E-state index in [2.05, 4.69) is 0 Å². The highest BCUT2D eigenvalue weighted by atomic mass is 16.2. The van der Waals surface area contributed by atoms with Gasteiger partial charge in [0.25, 0.3) is 5.91 Å². The Balaban J connectivity index is 2.90. The van der Waals surface area contributed by atoms with Crippen LogP contribution in [0.4, 0.5) is 0 Å². The molecule has 3 heteroatoms. The third-order valence-electron chi connectivity index (χ3n) is 1.70. The van der Waals surface area contributed by atoms with E-state index in [1.807, 2.05) is 32.1 Å². The summed E-state index contributed by atoms with van der Waals surface area (Å²) < 4.78 is 0. The minimum Gasteiger partial charge on any atom is -0.345 e. The van der Waals surface area contributed by atoms with Crippen LogP contribution in [0.3, 0.4) is 0 Å². The van der Waals surface area contributed by atoms with Crippen molar-refractivity contribution in [2.75, 3.05) is 14.1 Å². The summed E-state index contributed by atoms with van der Waals surface area (Å²) in [5, 5.41) is 0. The summed E-state index contributed by atoms with van der Waals surface area (Å²) in [5.41, 5.74) is 1.91. The average Bonchev–Trinajstić information content (AvgIpc) is 2.04. The van der Waals surface area contributed by atoms with Crippen molar-refractivity contribution >= 4 is 19.2 Å². The summed E-state index contributed by atoms with van der Waals surface area (Å²) in [5.74, 6) is 0.0509. The number of hydrogen-bond donors (Lipinski definition) is 0. The molecule has 12 heavy (non-hydrogen) atoms. The summed E-state index contributed by atoms with van der Waals surface area (Å²) in [4.78, 5) is 13.0. The second kappa shape index (κ2) is 3.43. The molecule has 0 heterocycles. The maximum Gasteiger partial charge on any atom is 0.253 e. The van der Waals surface area contributed by atoms with Crippen LogP contribution in [-0.4, -0.2) is 32.7 Å². The molecule has 0 bridgehead atoms. The zero-order chi connectivity index (χ0) is 9.14. The lowest BCUT2D eigenvalue weighted by Gasteiger charge is -2.09. The fraction of sp³-hybridized carbons (Fsp3) is 0.222. The van der Waals surface area contributed by atoms with Crippen LogP contribution in [0.15, 0.2) is 24.3 Å². The van der Waals surface area contributed by atoms with Crippen molar-refractivity contribution in [3.05, 3.63) is 29.8 Å². The first-order valence-corrected chi connectivity index (χ1v) is 3.89. The Kier molecular flexibility index (Phi) is 2.53. The Morgan fingerprint density at radius 2 is 1.75 bits per heavy atom. The number of carbonyl (C=O) groups excluding carboxylic acids is 1. The number of benzene rings is 1. The minimum atomic E-state index is 0.0509. The van der Waals surface area contributed by atoms with Gasteiger partial charge in [-0.2, -0.15) is 0 Å². The van der Waals surface area contributed by atoms with Crippen LogP contribution < -0.4 is 5.46 Å². The van der Waals surface area contributed by atoms with Gasteiger partial charge in [0.2, 0.25) is 0 Å². The van der Waals surface area contributed by atoms with Gasteiger partial charge >= 0.3 is 0 Å². The molecule has 0 aliphatic rings. The Hall–Kier alpha value is -1.25. The van der Waals surface area contributed by atoms with Crippen LogP contribution in [-0.2, 0) is 0 Å². The van der Waals surface area contributed by atoms with E-state index in [9.17, 15) is 4.79 Å². The molecule has 2 nitrogen and oxygen atoms in total. The van der Waals surface area contributed by atoms with Crippen LogP contribution in [0.5, 0.6) is 0 Å². The number of nitrogens with zero attached hydrogens (tertiary/aromatic N) is 1. The molecule has 1 rings (SSSR count). The first kappa shape index (κ1) is 8.85. The van der Waals surface area contributed by atoms with Crippen molar-refractivity contribution in [3.8, 4) is 0 Å². The van der Waals surface area contributed by atoms with E-state index in [4.69, 9.17) is 0 Å². The van der Waals surface area contributed by atoms with E-state index in [-0.39, 0.29) is 5.91 Å². The molecule has 1 aromatic rings. The zero-order valence-corrected chi connectivity index (χ0v) is 7.66. The van der Waals surface area contributed by atoms with Crippen LogP contribution in [0.1, 0.15) is 10.4 Å². The molecule has 1 amide bonds. The Bertz CT molecular complexity index is 279. The molecule has 0 saturated heterocycles. The van der Waals surface area contributed by atoms with Crippen molar-refractivity contribution in [1.82, 2.24) is 4.90 Å². The maximum absolute atomic E-state index is 11.4. The van der Waals surface area contributed by atoms with Crippen molar-refractivity contribution in [3.63, 3.8) is 0 Å². The van der Waals surface area contributed by atoms with Crippen LogP contribution in [0.2, 0.25) is 0 Å². The normalized spacial score (nSPS) is 9.50. The van der Waals surface area contributed by atoms with Gasteiger partial charge in [0.15, 0.2) is 0 Å². The quantitative estimate of drug-likeness (QED) is 0.515. The number of amides is 1. The fourth-order valence-electron chi connectivity index (χ4n) is 0.954. The van der Waals surface area contributed by atoms with Gasteiger partial charge < -0.3 is 4.90 Å². The molecule has 0 N–H and O–H groups in total. The lowest BCUT2D eigenvalue weighted by Crippen LogP contribution is -2.22. The second-order valence-electron chi connectivity index (χ2n) is 3.07. The molecular formula is C9H12BNO. The highest BCUT2D eigenvalue weighted by Gasteiger charge is 2.05. The molecule has 0 unspecified atom stereocenters. The molecule has 1 aromatic carbocycles. The molecule has 0 radical (unpaired) electrons. The summed E-state index contributed by atoms with van der Waals surface area (Å²) in [6.45, 7) is 0. The van der Waals surface area contributed by atoms with Crippen molar-refractivity contribution in [1.29, 1.82) is 0 Å². The summed E-state index contributed by atoms with van der Waals surface area (Å²) in [6, 6.07) is 7.57. The van der Waals surface area contributed by atoms with Gasteiger partial charge in [-0.15, -0.1) is 0 Å². The number of rotatable bonds is 1. The van der Waals surface area contributed by atoms with Gasteiger partial charge in [0.05, 0.1) is 0 Å². The topological polar surface area (TPSA) is 20.3 Å². The van der Waals surface area contributed by atoms with Crippen molar-refractivity contribution in [2.45, 2.75) is 0 Å². The molecule has 0 saturated carbocycles. The predicted molar refractivity (Wildman–Crippen MR) is 52.6 cm³/mol. The molecule has 0 fully saturated rings. The minimum absolute atomic E-state index is 0.0509. The molecule has 0 aliphatic heterocycles. The molecule has 0 aliphatic carbocycles. The maximum atomic E-state index is 11.4. The largest absolute Gasteiger partial charge is 0.345 e. The van der Waals surface area contributed by atoms with Gasteiger partial charge in [0, 0.05) is 19.7 Å². The van der Waals surface area contributed by atoms with Crippen LogP contribution in [0.25, 0.3) is 0 Å². The number of carbonyl (C=O) groups is 1. The first-order valence-electron chi connectivity index (χ1n) is 3.89. The lowest BCUT2D eigenvalue weighted by atomic mass is 9.95. The van der Waals surface area contributed by atoms with Gasteiger partial charge in [-0.3, -0.25) is 4.79 Å². The zero-order valence-electron chi connectivity index (χ0n) is 7.66. The third kappa shape index (κ3) is 1.88. The summed E-state index contributed by atoms with van der Waals surface area (Å²) in [7, 11) is 5.51. The summed E-state index contributed by atoms with van der Waals surface area (Å²) in [6.07, 6.45) is 0. The third-order valence-corrected chi connectivity index (χ3v) is 1.70. The van der Waals surface area contributed by atoms with Gasteiger partial charge in [-0.1, -0.05) is 29.7 Å². The SMILES string of the molecule is Bc1ccc(C(=O)N(C)C)cc1. The smallest absolute Gasteiger partial charge is 0.253 e. The highest BCUT2D eigenvalue weighted by Crippen LogP contribution is 1.99. The summed E-state index contributed by atoms with van der Waals surface area (Å²) >= 11 is 0. The van der Waals surface area contributed by atoms with E-state index in [1.165, 1.54) is 5.46 Å². The van der Waals surface area contributed by atoms with Crippen LogP contribution in [0, 0.1) is 0 Å². The second-order valence-corrected chi connectivity index (χ2v) is 3.07. The van der Waals surface area contributed by atoms with Crippen LogP contribution >= 0.6 is 0 Å². The van der Waals surface area contributed by atoms with Gasteiger partial charge in [-0.25, -0.2) is 0 Å². The Labute approximate surface area is 73.6 Å².